The highest BCUT2D eigenvalue weighted by atomic mass is 32.2. The first-order valence-electron chi connectivity index (χ1n) is 8.89. The molecule has 0 saturated heterocycles. The molecule has 0 radical (unpaired) electrons. The molecule has 0 spiro atoms. The van der Waals surface area contributed by atoms with E-state index in [0.717, 1.165) is 12.1 Å². The molecular formula is C19H19F6NO5S. The second-order valence-electron chi connectivity index (χ2n) is 6.54. The molecular weight excluding hydrogens is 468 g/mol. The first kappa shape index (κ1) is 25.6. The zero-order chi connectivity index (χ0) is 24.2. The Balaban J connectivity index is 2.37. The molecule has 0 aliphatic heterocycles. The molecule has 0 fully saturated rings. The van der Waals surface area contributed by atoms with Crippen molar-refractivity contribution in [2.45, 2.75) is 30.2 Å². The number of hydrogen-bond donors (Lipinski definition) is 1. The Morgan fingerprint density at radius 1 is 0.906 bits per heavy atom. The predicted molar refractivity (Wildman–Crippen MR) is 101 cm³/mol. The van der Waals surface area contributed by atoms with Crippen molar-refractivity contribution < 1.29 is 49.0 Å². The highest BCUT2D eigenvalue weighted by Crippen LogP contribution is 2.32. The number of hydrogen-bond acceptors (Lipinski definition) is 5. The van der Waals surface area contributed by atoms with Gasteiger partial charge in [-0.15, -0.1) is 0 Å². The van der Waals surface area contributed by atoms with Gasteiger partial charge in [-0.3, -0.25) is 0 Å². The quantitative estimate of drug-likeness (QED) is 0.523. The molecule has 0 unspecified atom stereocenters. The summed E-state index contributed by atoms with van der Waals surface area (Å²) < 4.78 is 117. The van der Waals surface area contributed by atoms with Crippen LogP contribution in [-0.2, 0) is 10.0 Å². The number of sulfonamides is 1. The summed E-state index contributed by atoms with van der Waals surface area (Å²) >= 11 is 0. The van der Waals surface area contributed by atoms with Gasteiger partial charge in [0.2, 0.25) is 10.0 Å². The summed E-state index contributed by atoms with van der Waals surface area (Å²) in [6, 6.07) is 7.81. The van der Waals surface area contributed by atoms with Crippen LogP contribution in [0.1, 0.15) is 18.5 Å². The molecule has 0 amide bonds. The van der Waals surface area contributed by atoms with Crippen LogP contribution in [-0.4, -0.2) is 41.1 Å². The Labute approximate surface area is 180 Å². The normalized spacial score (nSPS) is 13.5. The monoisotopic (exact) mass is 487 g/mol. The zero-order valence-electron chi connectivity index (χ0n) is 16.8. The van der Waals surface area contributed by atoms with E-state index in [1.807, 2.05) is 0 Å². The summed E-state index contributed by atoms with van der Waals surface area (Å²) in [5, 5.41) is 0. The van der Waals surface area contributed by atoms with Gasteiger partial charge in [-0.1, -0.05) is 12.1 Å². The second-order valence-corrected chi connectivity index (χ2v) is 8.22. The molecule has 32 heavy (non-hydrogen) atoms. The van der Waals surface area contributed by atoms with Crippen molar-refractivity contribution >= 4 is 10.0 Å². The van der Waals surface area contributed by atoms with Gasteiger partial charge in [0.15, 0.2) is 13.2 Å². The van der Waals surface area contributed by atoms with Crippen LogP contribution in [0.15, 0.2) is 47.4 Å². The highest BCUT2D eigenvalue weighted by Gasteiger charge is 2.32. The molecule has 2 aromatic rings. The average Bonchev–Trinajstić information content (AvgIpc) is 2.69. The van der Waals surface area contributed by atoms with Gasteiger partial charge < -0.3 is 14.2 Å². The van der Waals surface area contributed by atoms with Crippen molar-refractivity contribution in [3.05, 3.63) is 48.0 Å². The molecule has 13 heteroatoms. The second kappa shape index (κ2) is 9.86. The van der Waals surface area contributed by atoms with E-state index in [-0.39, 0.29) is 0 Å². The van der Waals surface area contributed by atoms with Gasteiger partial charge in [0.25, 0.3) is 0 Å². The summed E-state index contributed by atoms with van der Waals surface area (Å²) in [7, 11) is -3.14. The van der Waals surface area contributed by atoms with Crippen LogP contribution in [0.5, 0.6) is 17.2 Å². The number of halogens is 6. The number of benzene rings is 2. The van der Waals surface area contributed by atoms with Crippen molar-refractivity contribution in [2.75, 3.05) is 20.3 Å². The van der Waals surface area contributed by atoms with Crippen LogP contribution < -0.4 is 18.9 Å². The lowest BCUT2D eigenvalue weighted by Crippen LogP contribution is -2.28. The Morgan fingerprint density at radius 2 is 1.53 bits per heavy atom. The van der Waals surface area contributed by atoms with E-state index in [2.05, 4.69) is 14.2 Å². The lowest BCUT2D eigenvalue weighted by atomic mass is 10.1. The average molecular weight is 487 g/mol. The summed E-state index contributed by atoms with van der Waals surface area (Å²) in [6.07, 6.45) is -9.47. The minimum atomic E-state index is -4.77. The van der Waals surface area contributed by atoms with E-state index >= 15 is 0 Å². The standard InChI is InChI=1S/C19H19F6NO5S/c1-12(13-4-3-5-14(8-13)29-2)26-32(27,28)17-9-15(30-10-18(20,21)22)6-7-16(17)31-11-19(23,24)25/h3-9,12,26H,10-11H2,1-2H3/t12-/m1/s1. The fourth-order valence-electron chi connectivity index (χ4n) is 2.51. The van der Waals surface area contributed by atoms with E-state index in [1.165, 1.54) is 20.1 Å². The van der Waals surface area contributed by atoms with E-state index in [9.17, 15) is 34.8 Å². The molecule has 0 saturated carbocycles. The largest absolute Gasteiger partial charge is 0.497 e. The van der Waals surface area contributed by atoms with Crippen LogP contribution in [0, 0.1) is 0 Å². The fourth-order valence-corrected chi connectivity index (χ4v) is 3.90. The van der Waals surface area contributed by atoms with Crippen LogP contribution in [0.3, 0.4) is 0 Å². The van der Waals surface area contributed by atoms with Gasteiger partial charge in [0.05, 0.1) is 7.11 Å². The molecule has 2 rings (SSSR count). The fraction of sp³-hybridized carbons (Fsp3) is 0.368. The number of nitrogens with one attached hydrogen (secondary N) is 1. The van der Waals surface area contributed by atoms with E-state index < -0.39 is 58.0 Å². The molecule has 178 valence electrons. The van der Waals surface area contributed by atoms with Gasteiger partial charge in [-0.2, -0.15) is 26.3 Å². The lowest BCUT2D eigenvalue weighted by Gasteiger charge is -2.19. The van der Waals surface area contributed by atoms with Crippen LogP contribution >= 0.6 is 0 Å². The molecule has 0 bridgehead atoms. The number of methoxy groups -OCH3 is 1. The van der Waals surface area contributed by atoms with E-state index in [0.29, 0.717) is 17.4 Å². The van der Waals surface area contributed by atoms with Crippen molar-refractivity contribution in [1.29, 1.82) is 0 Å². The maximum atomic E-state index is 12.9. The third-order valence-electron chi connectivity index (χ3n) is 3.92. The van der Waals surface area contributed by atoms with Crippen LogP contribution in [0.2, 0.25) is 0 Å². The van der Waals surface area contributed by atoms with Crippen molar-refractivity contribution in [3.8, 4) is 17.2 Å². The SMILES string of the molecule is COc1cccc([C@@H](C)NS(=O)(=O)c2cc(OCC(F)(F)F)ccc2OCC(F)(F)F)c1. The maximum absolute atomic E-state index is 12.9. The van der Waals surface area contributed by atoms with Crippen molar-refractivity contribution in [1.82, 2.24) is 4.72 Å². The molecule has 0 aromatic heterocycles. The summed E-state index contributed by atoms with van der Waals surface area (Å²) in [4.78, 5) is -0.809. The van der Waals surface area contributed by atoms with E-state index in [1.54, 1.807) is 18.2 Å². The number of rotatable bonds is 9. The minimum absolute atomic E-state index is 0.435. The van der Waals surface area contributed by atoms with E-state index in [4.69, 9.17) is 4.74 Å². The highest BCUT2D eigenvalue weighted by molar-refractivity contribution is 7.89. The Bertz CT molecular complexity index is 1020. The first-order chi connectivity index (χ1) is 14.7. The molecule has 1 atom stereocenters. The molecule has 1 N–H and O–H groups in total. The molecule has 0 aliphatic rings. The first-order valence-corrected chi connectivity index (χ1v) is 10.4. The molecule has 0 heterocycles. The third kappa shape index (κ3) is 7.79. The zero-order valence-corrected chi connectivity index (χ0v) is 17.6. The summed E-state index contributed by atoms with van der Waals surface area (Å²) in [5.74, 6) is -0.784. The maximum Gasteiger partial charge on any atom is 0.422 e. The summed E-state index contributed by atoms with van der Waals surface area (Å²) in [5.41, 5.74) is 0.468. The van der Waals surface area contributed by atoms with Crippen molar-refractivity contribution in [3.63, 3.8) is 0 Å². The topological polar surface area (TPSA) is 73.9 Å². The Morgan fingerprint density at radius 3 is 2.12 bits per heavy atom. The predicted octanol–water partition coefficient (Wildman–Crippen LogP) is 4.62. The number of alkyl halides is 6. The van der Waals surface area contributed by atoms with Gasteiger partial charge >= 0.3 is 12.4 Å². The molecule has 6 nitrogen and oxygen atoms in total. The van der Waals surface area contributed by atoms with Gasteiger partial charge in [0, 0.05) is 12.1 Å². The third-order valence-corrected chi connectivity index (χ3v) is 5.49. The number of ether oxygens (including phenoxy) is 3. The summed E-state index contributed by atoms with van der Waals surface area (Å²) in [6.45, 7) is -2.06. The van der Waals surface area contributed by atoms with Gasteiger partial charge in [-0.05, 0) is 36.8 Å². The van der Waals surface area contributed by atoms with Gasteiger partial charge in [0.1, 0.15) is 22.1 Å². The smallest absolute Gasteiger partial charge is 0.422 e. The van der Waals surface area contributed by atoms with Crippen LogP contribution in [0.4, 0.5) is 26.3 Å². The minimum Gasteiger partial charge on any atom is -0.497 e. The lowest BCUT2D eigenvalue weighted by molar-refractivity contribution is -0.154. The Kier molecular flexibility index (Phi) is 7.88. The van der Waals surface area contributed by atoms with Gasteiger partial charge in [-0.25, -0.2) is 13.1 Å². The van der Waals surface area contributed by atoms with Crippen LogP contribution in [0.25, 0.3) is 0 Å². The molecule has 2 aromatic carbocycles. The molecule has 0 aliphatic carbocycles. The Hall–Kier alpha value is -2.67. The van der Waals surface area contributed by atoms with Crippen molar-refractivity contribution in [2.24, 2.45) is 0 Å².